The van der Waals surface area contributed by atoms with E-state index in [1.165, 1.54) is 6.92 Å². The molecule has 1 aromatic carbocycles. The largest absolute Gasteiger partial charge is 0.497 e. The number of aliphatic hydroxyl groups is 1. The van der Waals surface area contributed by atoms with Crippen molar-refractivity contribution in [1.82, 2.24) is 9.88 Å². The Kier molecular flexibility index (Phi) is 5.87. The molecule has 2 aromatic rings. The van der Waals surface area contributed by atoms with Crippen molar-refractivity contribution in [2.24, 2.45) is 5.73 Å². The molecule has 0 bridgehead atoms. The Balaban J connectivity index is 2.80. The fourth-order valence-corrected chi connectivity index (χ4v) is 3.04. The number of allylic oxidation sites excluding steroid dienone is 2. The first-order chi connectivity index (χ1) is 11.8. The number of carbonyl (C=O) groups excluding carboxylic acids is 1. The number of methoxy groups -OCH3 is 1. The van der Waals surface area contributed by atoms with E-state index >= 15 is 0 Å². The molecule has 25 heavy (non-hydrogen) atoms. The van der Waals surface area contributed by atoms with Crippen molar-refractivity contribution in [1.29, 1.82) is 0 Å². The minimum Gasteiger partial charge on any atom is -0.497 e. The lowest BCUT2D eigenvalue weighted by molar-refractivity contribution is -0.111. The van der Waals surface area contributed by atoms with Crippen LogP contribution in [0.25, 0.3) is 16.5 Å². The van der Waals surface area contributed by atoms with E-state index in [2.05, 4.69) is 4.98 Å². The van der Waals surface area contributed by atoms with Crippen LogP contribution in [0.5, 0.6) is 5.75 Å². The van der Waals surface area contributed by atoms with Gasteiger partial charge in [0.2, 0.25) is 0 Å². The normalized spacial score (nSPS) is 13.9. The Bertz CT molecular complexity index is 806. The Morgan fingerprint density at radius 2 is 2.08 bits per heavy atom. The number of fused-ring (bicyclic) bond motifs is 1. The van der Waals surface area contributed by atoms with Gasteiger partial charge < -0.3 is 25.5 Å². The van der Waals surface area contributed by atoms with Gasteiger partial charge in [-0.05, 0) is 45.6 Å². The summed E-state index contributed by atoms with van der Waals surface area (Å²) in [5.74, 6) is 0.560. The number of hydrogen-bond donors (Lipinski definition) is 3. The van der Waals surface area contributed by atoms with Crippen LogP contribution in [0, 0.1) is 0 Å². The highest BCUT2D eigenvalue weighted by molar-refractivity contribution is 6.21. The number of aromatic amines is 1. The van der Waals surface area contributed by atoms with E-state index in [0.717, 1.165) is 10.9 Å². The maximum absolute atomic E-state index is 12.3. The number of Topliss-reactive ketones (excluding diaryl/α,β-unsaturated/α-hetero) is 1. The zero-order valence-electron chi connectivity index (χ0n) is 15.5. The zero-order chi connectivity index (χ0) is 18.7. The summed E-state index contributed by atoms with van der Waals surface area (Å²) in [6.07, 6.45) is -0.221. The molecule has 6 nitrogen and oxygen atoms in total. The third-order valence-electron chi connectivity index (χ3n) is 4.22. The Morgan fingerprint density at radius 3 is 2.60 bits per heavy atom. The number of rotatable bonds is 7. The fraction of sp³-hybridized carbons (Fsp3) is 0.421. The molecular formula is C19H27N3O3. The molecule has 6 heteroatoms. The van der Waals surface area contributed by atoms with Gasteiger partial charge in [0.15, 0.2) is 5.78 Å². The molecule has 0 aliphatic carbocycles. The predicted octanol–water partition coefficient (Wildman–Crippen LogP) is 2.44. The number of likely N-dealkylation sites (N-methyl/N-ethyl adjacent to an activating group) is 1. The van der Waals surface area contributed by atoms with E-state index in [0.29, 0.717) is 41.2 Å². The SMILES string of the molecule is CC/C(N)=C(/C(C)=O)c1[nH]c2ccc(OC)cc2c1C(O)CN(C)C. The molecule has 0 aliphatic rings. The summed E-state index contributed by atoms with van der Waals surface area (Å²) in [5, 5.41) is 11.7. The molecule has 1 aromatic heterocycles. The van der Waals surface area contributed by atoms with Crippen LogP contribution in [0.3, 0.4) is 0 Å². The lowest BCUT2D eigenvalue weighted by Crippen LogP contribution is -2.21. The zero-order valence-corrected chi connectivity index (χ0v) is 15.5. The highest BCUT2D eigenvalue weighted by Gasteiger charge is 2.25. The third-order valence-corrected chi connectivity index (χ3v) is 4.22. The first kappa shape index (κ1) is 19.0. The van der Waals surface area contributed by atoms with Gasteiger partial charge in [-0.1, -0.05) is 6.92 Å². The second-order valence-electron chi connectivity index (χ2n) is 6.41. The number of ketones is 1. The number of hydrogen-bond acceptors (Lipinski definition) is 5. The van der Waals surface area contributed by atoms with E-state index in [1.54, 1.807) is 7.11 Å². The van der Waals surface area contributed by atoms with Gasteiger partial charge >= 0.3 is 0 Å². The van der Waals surface area contributed by atoms with Gasteiger partial charge in [0, 0.05) is 28.7 Å². The van der Waals surface area contributed by atoms with Crippen molar-refractivity contribution >= 4 is 22.3 Å². The maximum atomic E-state index is 12.3. The molecule has 0 saturated heterocycles. The molecule has 0 aliphatic heterocycles. The van der Waals surface area contributed by atoms with Crippen molar-refractivity contribution in [3.63, 3.8) is 0 Å². The number of carbonyl (C=O) groups is 1. The molecule has 1 atom stereocenters. The van der Waals surface area contributed by atoms with Crippen molar-refractivity contribution in [3.8, 4) is 5.75 Å². The number of nitrogens with two attached hydrogens (primary N) is 1. The Labute approximate surface area is 148 Å². The molecular weight excluding hydrogens is 318 g/mol. The van der Waals surface area contributed by atoms with Crippen LogP contribution in [-0.2, 0) is 4.79 Å². The van der Waals surface area contributed by atoms with E-state index in [9.17, 15) is 9.90 Å². The van der Waals surface area contributed by atoms with Crippen LogP contribution in [0.2, 0.25) is 0 Å². The Hall–Kier alpha value is -2.31. The first-order valence-corrected chi connectivity index (χ1v) is 8.32. The van der Waals surface area contributed by atoms with Crippen LogP contribution in [0.15, 0.2) is 23.9 Å². The molecule has 0 amide bonds. The molecule has 0 radical (unpaired) electrons. The first-order valence-electron chi connectivity index (χ1n) is 8.32. The average Bonchev–Trinajstić information content (AvgIpc) is 2.91. The van der Waals surface area contributed by atoms with E-state index in [1.807, 2.05) is 44.1 Å². The number of nitrogens with one attached hydrogen (secondary N) is 1. The van der Waals surface area contributed by atoms with Gasteiger partial charge in [-0.2, -0.15) is 0 Å². The predicted molar refractivity (Wildman–Crippen MR) is 100 cm³/mol. The number of nitrogens with zero attached hydrogens (tertiary/aromatic N) is 1. The van der Waals surface area contributed by atoms with Gasteiger partial charge in [-0.3, -0.25) is 4.79 Å². The summed E-state index contributed by atoms with van der Waals surface area (Å²) < 4.78 is 5.31. The molecule has 4 N–H and O–H groups in total. The average molecular weight is 345 g/mol. The van der Waals surface area contributed by atoms with E-state index in [4.69, 9.17) is 10.5 Å². The van der Waals surface area contributed by atoms with Crippen LogP contribution >= 0.6 is 0 Å². The lowest BCUT2D eigenvalue weighted by atomic mass is 9.96. The maximum Gasteiger partial charge on any atom is 0.163 e. The quantitative estimate of drug-likeness (QED) is 0.671. The van der Waals surface area contributed by atoms with Crippen molar-refractivity contribution in [3.05, 3.63) is 35.2 Å². The summed E-state index contributed by atoms with van der Waals surface area (Å²) in [5.41, 5.74) is 9.14. The summed E-state index contributed by atoms with van der Waals surface area (Å²) in [6, 6.07) is 5.58. The highest BCUT2D eigenvalue weighted by Crippen LogP contribution is 2.35. The van der Waals surface area contributed by atoms with Crippen LogP contribution < -0.4 is 10.5 Å². The summed E-state index contributed by atoms with van der Waals surface area (Å²) >= 11 is 0. The van der Waals surface area contributed by atoms with Crippen LogP contribution in [0.1, 0.15) is 37.6 Å². The fourth-order valence-electron chi connectivity index (χ4n) is 3.04. The second-order valence-corrected chi connectivity index (χ2v) is 6.41. The minimum absolute atomic E-state index is 0.129. The van der Waals surface area contributed by atoms with Gasteiger partial charge in [0.25, 0.3) is 0 Å². The number of ether oxygens (including phenoxy) is 1. The lowest BCUT2D eigenvalue weighted by Gasteiger charge is -2.18. The minimum atomic E-state index is -0.773. The molecule has 136 valence electrons. The molecule has 0 fully saturated rings. The number of benzene rings is 1. The van der Waals surface area contributed by atoms with Gasteiger partial charge in [-0.25, -0.2) is 0 Å². The second kappa shape index (κ2) is 7.72. The number of aromatic nitrogens is 1. The van der Waals surface area contributed by atoms with Crippen molar-refractivity contribution < 1.29 is 14.6 Å². The molecule has 0 saturated carbocycles. The topological polar surface area (TPSA) is 91.6 Å². The van der Waals surface area contributed by atoms with Gasteiger partial charge in [0.1, 0.15) is 5.75 Å². The molecule has 1 unspecified atom stereocenters. The highest BCUT2D eigenvalue weighted by atomic mass is 16.5. The monoisotopic (exact) mass is 345 g/mol. The van der Waals surface area contributed by atoms with Crippen LogP contribution in [-0.4, -0.2) is 48.5 Å². The molecule has 0 spiro atoms. The molecule has 1 heterocycles. The van der Waals surface area contributed by atoms with E-state index in [-0.39, 0.29) is 5.78 Å². The smallest absolute Gasteiger partial charge is 0.163 e. The summed E-state index contributed by atoms with van der Waals surface area (Å²) in [4.78, 5) is 17.4. The standard InChI is InChI=1S/C19H27N3O3/c1-6-14(20)17(11(2)23)19-18(16(24)10-22(3)4)13-9-12(25-5)7-8-15(13)21-19/h7-9,16,21,24H,6,10,20H2,1-5H3/b17-14+. The third kappa shape index (κ3) is 3.86. The summed E-state index contributed by atoms with van der Waals surface area (Å²) in [7, 11) is 5.38. The Morgan fingerprint density at radius 1 is 1.40 bits per heavy atom. The molecule has 2 rings (SSSR count). The van der Waals surface area contributed by atoms with Crippen molar-refractivity contribution in [2.75, 3.05) is 27.7 Å². The van der Waals surface area contributed by atoms with Gasteiger partial charge in [-0.15, -0.1) is 0 Å². The van der Waals surface area contributed by atoms with Crippen LogP contribution in [0.4, 0.5) is 0 Å². The van der Waals surface area contributed by atoms with Gasteiger partial charge in [0.05, 0.1) is 24.5 Å². The number of aliphatic hydroxyl groups excluding tert-OH is 1. The number of H-pyrrole nitrogens is 1. The summed E-state index contributed by atoms with van der Waals surface area (Å²) in [6.45, 7) is 3.82. The van der Waals surface area contributed by atoms with E-state index < -0.39 is 6.10 Å². The van der Waals surface area contributed by atoms with Crippen molar-refractivity contribution in [2.45, 2.75) is 26.4 Å².